The van der Waals surface area contributed by atoms with Crippen molar-refractivity contribution in [2.75, 3.05) is 11.9 Å². The lowest BCUT2D eigenvalue weighted by molar-refractivity contribution is -0.146. The van der Waals surface area contributed by atoms with Crippen LogP contribution in [0.4, 0.5) is 5.69 Å². The van der Waals surface area contributed by atoms with Gasteiger partial charge in [0.05, 0.1) is 12.7 Å². The first-order chi connectivity index (χ1) is 14.3. The summed E-state index contributed by atoms with van der Waals surface area (Å²) in [5, 5.41) is 13.2. The van der Waals surface area contributed by atoms with Gasteiger partial charge >= 0.3 is 5.97 Å². The van der Waals surface area contributed by atoms with Gasteiger partial charge in [0.1, 0.15) is 11.3 Å². The van der Waals surface area contributed by atoms with Crippen molar-refractivity contribution in [2.24, 2.45) is 0 Å². The molecule has 30 heavy (non-hydrogen) atoms. The number of hydrogen-bond donors (Lipinski definition) is 2. The number of furan rings is 1. The van der Waals surface area contributed by atoms with Crippen molar-refractivity contribution in [3.05, 3.63) is 59.4 Å². The molecule has 0 radical (unpaired) electrons. The van der Waals surface area contributed by atoms with Crippen LogP contribution in [0.25, 0.3) is 11.0 Å². The first kappa shape index (κ1) is 21.4. The van der Waals surface area contributed by atoms with Gasteiger partial charge in [-0.3, -0.25) is 9.59 Å². The minimum atomic E-state index is -0.526. The van der Waals surface area contributed by atoms with Gasteiger partial charge in [-0.05, 0) is 35.1 Å². The van der Waals surface area contributed by atoms with Gasteiger partial charge in [-0.2, -0.15) is 0 Å². The van der Waals surface area contributed by atoms with E-state index in [1.165, 1.54) is 18.4 Å². The summed E-state index contributed by atoms with van der Waals surface area (Å²) in [5.41, 5.74) is 4.02. The third-order valence-electron chi connectivity index (χ3n) is 4.98. The van der Waals surface area contributed by atoms with Crippen LogP contribution in [0.15, 0.2) is 47.1 Å². The Kier molecular flexibility index (Phi) is 6.45. The van der Waals surface area contributed by atoms with Crippen LogP contribution < -0.4 is 5.32 Å². The van der Waals surface area contributed by atoms with Gasteiger partial charge < -0.3 is 19.6 Å². The molecule has 0 unspecified atom stereocenters. The summed E-state index contributed by atoms with van der Waals surface area (Å²) < 4.78 is 10.5. The smallest absolute Gasteiger partial charge is 0.310 e. The standard InChI is InChI=1S/C24H27NO5/c1-14(2)18-6-5-7-19(15(3)4)24(18)25-22(27)13-30-23(28)10-16-12-29-21-11-17(26)8-9-20(16)21/h5-9,11-12,14-15,26H,10,13H2,1-4H3,(H,25,27). The Morgan fingerprint density at radius 3 is 2.37 bits per heavy atom. The number of phenolic OH excluding ortho intramolecular Hbond substituents is 1. The fourth-order valence-electron chi connectivity index (χ4n) is 3.43. The molecule has 2 aromatic carbocycles. The van der Waals surface area contributed by atoms with Gasteiger partial charge in [0.15, 0.2) is 6.61 Å². The molecule has 0 spiro atoms. The monoisotopic (exact) mass is 409 g/mol. The minimum Gasteiger partial charge on any atom is -0.508 e. The fraction of sp³-hybridized carbons (Fsp3) is 0.333. The van der Waals surface area contributed by atoms with Crippen molar-refractivity contribution in [2.45, 2.75) is 46.0 Å². The Balaban J connectivity index is 1.64. The molecule has 6 heteroatoms. The van der Waals surface area contributed by atoms with E-state index >= 15 is 0 Å². The highest BCUT2D eigenvalue weighted by Crippen LogP contribution is 2.32. The summed E-state index contributed by atoms with van der Waals surface area (Å²) in [4.78, 5) is 24.7. The molecule has 3 aromatic rings. The second-order valence-electron chi connectivity index (χ2n) is 7.95. The number of ether oxygens (including phenoxy) is 1. The predicted molar refractivity (Wildman–Crippen MR) is 116 cm³/mol. The molecule has 3 rings (SSSR count). The molecule has 0 bridgehead atoms. The van der Waals surface area contributed by atoms with Crippen LogP contribution in [0.3, 0.4) is 0 Å². The number of amides is 1. The average molecular weight is 409 g/mol. The number of nitrogens with one attached hydrogen (secondary N) is 1. The first-order valence-corrected chi connectivity index (χ1v) is 10.0. The van der Waals surface area contributed by atoms with Gasteiger partial charge in [0.2, 0.25) is 0 Å². The van der Waals surface area contributed by atoms with Crippen molar-refractivity contribution in [3.63, 3.8) is 0 Å². The molecule has 1 aromatic heterocycles. The second-order valence-corrected chi connectivity index (χ2v) is 7.95. The molecular weight excluding hydrogens is 382 g/mol. The molecule has 0 saturated carbocycles. The molecule has 0 aliphatic carbocycles. The topological polar surface area (TPSA) is 88.8 Å². The summed E-state index contributed by atoms with van der Waals surface area (Å²) in [6.45, 7) is 7.93. The number of phenols is 1. The Morgan fingerprint density at radius 2 is 1.73 bits per heavy atom. The summed E-state index contributed by atoms with van der Waals surface area (Å²) in [7, 11) is 0. The van der Waals surface area contributed by atoms with Gasteiger partial charge in [-0.25, -0.2) is 0 Å². The van der Waals surface area contributed by atoms with Gasteiger partial charge in [0.25, 0.3) is 5.91 Å². The van der Waals surface area contributed by atoms with Gasteiger partial charge in [-0.1, -0.05) is 45.9 Å². The molecule has 0 aliphatic rings. The lowest BCUT2D eigenvalue weighted by atomic mass is 9.92. The van der Waals surface area contributed by atoms with Crippen LogP contribution in [0.2, 0.25) is 0 Å². The number of esters is 1. The van der Waals surface area contributed by atoms with Crippen LogP contribution in [0.5, 0.6) is 5.75 Å². The molecule has 158 valence electrons. The number of anilines is 1. The largest absolute Gasteiger partial charge is 0.508 e. The number of hydrogen-bond acceptors (Lipinski definition) is 5. The second kappa shape index (κ2) is 9.03. The Hall–Kier alpha value is -3.28. The van der Waals surface area contributed by atoms with E-state index in [4.69, 9.17) is 9.15 Å². The van der Waals surface area contributed by atoms with Crippen LogP contribution >= 0.6 is 0 Å². The van der Waals surface area contributed by atoms with E-state index in [0.29, 0.717) is 11.1 Å². The molecule has 6 nitrogen and oxygen atoms in total. The average Bonchev–Trinajstić information content (AvgIpc) is 3.07. The number of para-hydroxylation sites is 1. The molecule has 0 saturated heterocycles. The van der Waals surface area contributed by atoms with E-state index in [-0.39, 0.29) is 36.5 Å². The molecular formula is C24H27NO5. The number of fused-ring (bicyclic) bond motifs is 1. The molecule has 1 heterocycles. The van der Waals surface area contributed by atoms with E-state index in [0.717, 1.165) is 22.2 Å². The number of carbonyl (C=O) groups is 2. The van der Waals surface area contributed by atoms with Crippen molar-refractivity contribution < 1.29 is 23.8 Å². The summed E-state index contributed by atoms with van der Waals surface area (Å²) >= 11 is 0. The maximum Gasteiger partial charge on any atom is 0.310 e. The van der Waals surface area contributed by atoms with E-state index < -0.39 is 5.97 Å². The number of aromatic hydroxyl groups is 1. The van der Waals surface area contributed by atoms with Crippen molar-refractivity contribution >= 4 is 28.5 Å². The van der Waals surface area contributed by atoms with Crippen LogP contribution in [0.1, 0.15) is 56.2 Å². The molecule has 0 atom stereocenters. The molecule has 2 N–H and O–H groups in total. The highest BCUT2D eigenvalue weighted by atomic mass is 16.5. The molecule has 0 fully saturated rings. The zero-order chi connectivity index (χ0) is 21.8. The maximum absolute atomic E-state index is 12.5. The number of carbonyl (C=O) groups excluding carboxylic acids is 2. The SMILES string of the molecule is CC(C)c1cccc(C(C)C)c1NC(=O)COC(=O)Cc1coc2cc(O)ccc12. The van der Waals surface area contributed by atoms with Crippen LogP contribution in [0, 0.1) is 0 Å². The normalized spacial score (nSPS) is 11.3. The van der Waals surface area contributed by atoms with Crippen molar-refractivity contribution in [1.82, 2.24) is 0 Å². The molecule has 1 amide bonds. The van der Waals surface area contributed by atoms with Gasteiger partial charge in [-0.15, -0.1) is 0 Å². The minimum absolute atomic E-state index is 0.0229. The highest BCUT2D eigenvalue weighted by molar-refractivity contribution is 5.95. The summed E-state index contributed by atoms with van der Waals surface area (Å²) in [5.74, 6) is -0.321. The maximum atomic E-state index is 12.5. The lowest BCUT2D eigenvalue weighted by Gasteiger charge is -2.20. The first-order valence-electron chi connectivity index (χ1n) is 10.0. The van der Waals surface area contributed by atoms with Crippen molar-refractivity contribution in [1.29, 1.82) is 0 Å². The van der Waals surface area contributed by atoms with Crippen LogP contribution in [-0.2, 0) is 20.7 Å². The number of rotatable bonds is 7. The highest BCUT2D eigenvalue weighted by Gasteiger charge is 2.18. The van der Waals surface area contributed by atoms with Crippen LogP contribution in [-0.4, -0.2) is 23.6 Å². The zero-order valence-electron chi connectivity index (χ0n) is 17.7. The quantitative estimate of drug-likeness (QED) is 0.529. The van der Waals surface area contributed by atoms with E-state index in [9.17, 15) is 14.7 Å². The predicted octanol–water partition coefficient (Wildman–Crippen LogP) is 5.11. The van der Waals surface area contributed by atoms with E-state index in [2.05, 4.69) is 33.0 Å². The van der Waals surface area contributed by atoms with E-state index in [1.54, 1.807) is 6.07 Å². The molecule has 0 aliphatic heterocycles. The number of benzene rings is 2. The van der Waals surface area contributed by atoms with Crippen molar-refractivity contribution in [3.8, 4) is 5.75 Å². The Morgan fingerprint density at radius 1 is 1.07 bits per heavy atom. The third kappa shape index (κ3) is 4.82. The summed E-state index contributed by atoms with van der Waals surface area (Å²) in [6.07, 6.45) is 1.43. The summed E-state index contributed by atoms with van der Waals surface area (Å²) in [6, 6.07) is 10.7. The Bertz CT molecular complexity index is 1040. The fourth-order valence-corrected chi connectivity index (χ4v) is 3.43. The Labute approximate surface area is 175 Å². The lowest BCUT2D eigenvalue weighted by Crippen LogP contribution is -2.23. The van der Waals surface area contributed by atoms with E-state index in [1.807, 2.05) is 18.2 Å². The zero-order valence-corrected chi connectivity index (χ0v) is 17.7. The third-order valence-corrected chi connectivity index (χ3v) is 4.98. The van der Waals surface area contributed by atoms with Gasteiger partial charge in [0, 0.05) is 22.7 Å².